The van der Waals surface area contributed by atoms with Crippen LogP contribution >= 0.6 is 0 Å². The summed E-state index contributed by atoms with van der Waals surface area (Å²) in [7, 11) is 1.55. The van der Waals surface area contributed by atoms with Gasteiger partial charge in [-0.05, 0) is 78.9 Å². The Bertz CT molecular complexity index is 758. The Balaban J connectivity index is 1.48. The SMILES string of the molecule is COC(=O)C12C3C4CCCC4C4C3C3C1C1CCC5OC(=O)C42C3C51. The van der Waals surface area contributed by atoms with Crippen LogP contribution in [0.25, 0.3) is 0 Å². The van der Waals surface area contributed by atoms with E-state index in [-0.39, 0.29) is 18.0 Å². The molecule has 4 nitrogen and oxygen atoms in total. The first kappa shape index (κ1) is 13.2. The van der Waals surface area contributed by atoms with Gasteiger partial charge in [0.15, 0.2) is 0 Å². The molecular weight excluding hydrogens is 316 g/mol. The third-order valence-corrected chi connectivity index (χ3v) is 11.1. The van der Waals surface area contributed by atoms with Crippen LogP contribution in [-0.4, -0.2) is 25.2 Å². The van der Waals surface area contributed by atoms with E-state index in [1.54, 1.807) is 7.11 Å². The molecule has 0 amide bonds. The first-order valence-electron chi connectivity index (χ1n) is 10.5. The van der Waals surface area contributed by atoms with Crippen LogP contribution in [0.3, 0.4) is 0 Å². The number of carbonyl (C=O) groups is 2. The molecule has 9 fully saturated rings. The highest BCUT2D eigenvalue weighted by Crippen LogP contribution is 2.98. The molecule has 0 aromatic heterocycles. The molecule has 13 unspecified atom stereocenters. The lowest BCUT2D eigenvalue weighted by Crippen LogP contribution is -2.68. The molecule has 9 rings (SSSR count). The second-order valence-electron chi connectivity index (χ2n) is 10.5. The molecule has 4 heteroatoms. The van der Waals surface area contributed by atoms with Crippen molar-refractivity contribution in [3.8, 4) is 0 Å². The molecule has 8 bridgehead atoms. The fourth-order valence-electron chi connectivity index (χ4n) is 11.9. The second-order valence-corrected chi connectivity index (χ2v) is 10.5. The van der Waals surface area contributed by atoms with Gasteiger partial charge in [-0.3, -0.25) is 9.59 Å². The number of rotatable bonds is 1. The molecule has 1 aliphatic heterocycles. The number of hydrogen-bond acceptors (Lipinski definition) is 4. The summed E-state index contributed by atoms with van der Waals surface area (Å²) in [6.45, 7) is 0. The van der Waals surface area contributed by atoms with Gasteiger partial charge in [-0.25, -0.2) is 0 Å². The molecule has 132 valence electrons. The van der Waals surface area contributed by atoms with Gasteiger partial charge in [0.1, 0.15) is 6.10 Å². The molecular formula is C21H24O4. The van der Waals surface area contributed by atoms with Crippen LogP contribution in [0.2, 0.25) is 0 Å². The van der Waals surface area contributed by atoms with Crippen LogP contribution in [0.15, 0.2) is 0 Å². The maximum absolute atomic E-state index is 13.6. The van der Waals surface area contributed by atoms with E-state index in [0.717, 1.165) is 12.8 Å². The van der Waals surface area contributed by atoms with Crippen LogP contribution in [0.5, 0.6) is 0 Å². The molecule has 1 heterocycles. The third kappa shape index (κ3) is 0.848. The quantitative estimate of drug-likeness (QED) is 0.687. The van der Waals surface area contributed by atoms with Crippen LogP contribution in [0, 0.1) is 70.0 Å². The zero-order valence-corrected chi connectivity index (χ0v) is 14.5. The van der Waals surface area contributed by atoms with Crippen molar-refractivity contribution in [3.63, 3.8) is 0 Å². The minimum absolute atomic E-state index is 0.0253. The Morgan fingerprint density at radius 1 is 0.960 bits per heavy atom. The first-order chi connectivity index (χ1) is 12.2. The monoisotopic (exact) mass is 340 g/mol. The van der Waals surface area contributed by atoms with Crippen LogP contribution in [-0.2, 0) is 19.1 Å². The fourth-order valence-corrected chi connectivity index (χ4v) is 11.9. The van der Waals surface area contributed by atoms with Gasteiger partial charge in [-0.2, -0.15) is 0 Å². The minimum atomic E-state index is -0.508. The van der Waals surface area contributed by atoms with Crippen molar-refractivity contribution in [3.05, 3.63) is 0 Å². The molecule has 13 atom stereocenters. The van der Waals surface area contributed by atoms with Crippen molar-refractivity contribution in [1.82, 2.24) is 0 Å². The van der Waals surface area contributed by atoms with Gasteiger partial charge in [-0.15, -0.1) is 0 Å². The Labute approximate surface area is 147 Å². The number of fused-ring (bicyclic) bond motifs is 1. The van der Waals surface area contributed by atoms with Gasteiger partial charge < -0.3 is 9.47 Å². The van der Waals surface area contributed by atoms with Gasteiger partial charge >= 0.3 is 11.9 Å². The molecule has 8 aliphatic carbocycles. The molecule has 1 spiro atoms. The van der Waals surface area contributed by atoms with Crippen LogP contribution < -0.4 is 0 Å². The van der Waals surface area contributed by atoms with Crippen molar-refractivity contribution in [2.45, 2.75) is 38.2 Å². The minimum Gasteiger partial charge on any atom is -0.469 e. The predicted octanol–water partition coefficient (Wildman–Crippen LogP) is 2.27. The molecule has 0 N–H and O–H groups in total. The number of carbonyl (C=O) groups excluding carboxylic acids is 2. The summed E-state index contributed by atoms with van der Waals surface area (Å²) in [4.78, 5) is 27.1. The highest BCUT2D eigenvalue weighted by atomic mass is 16.6. The predicted molar refractivity (Wildman–Crippen MR) is 84.7 cm³/mol. The average molecular weight is 340 g/mol. The van der Waals surface area contributed by atoms with E-state index in [9.17, 15) is 9.59 Å². The third-order valence-electron chi connectivity index (χ3n) is 11.1. The van der Waals surface area contributed by atoms with Crippen molar-refractivity contribution in [2.75, 3.05) is 7.11 Å². The molecule has 0 aromatic rings. The van der Waals surface area contributed by atoms with E-state index in [1.165, 1.54) is 19.3 Å². The highest BCUT2D eigenvalue weighted by Gasteiger charge is 3.02. The highest BCUT2D eigenvalue weighted by molar-refractivity contribution is 5.95. The second kappa shape index (κ2) is 3.41. The van der Waals surface area contributed by atoms with E-state index in [1.807, 2.05) is 0 Å². The van der Waals surface area contributed by atoms with Gasteiger partial charge in [-0.1, -0.05) is 6.42 Å². The molecule has 25 heavy (non-hydrogen) atoms. The summed E-state index contributed by atoms with van der Waals surface area (Å²) in [5.74, 6) is 5.53. The Morgan fingerprint density at radius 2 is 1.68 bits per heavy atom. The summed E-state index contributed by atoms with van der Waals surface area (Å²) < 4.78 is 11.6. The normalized spacial score (nSPS) is 71.1. The van der Waals surface area contributed by atoms with Gasteiger partial charge in [0, 0.05) is 5.92 Å². The Hall–Kier alpha value is -1.06. The van der Waals surface area contributed by atoms with Gasteiger partial charge in [0.25, 0.3) is 0 Å². The van der Waals surface area contributed by atoms with Crippen molar-refractivity contribution >= 4 is 11.9 Å². The Morgan fingerprint density at radius 3 is 2.48 bits per heavy atom. The fraction of sp³-hybridized carbons (Fsp3) is 0.905. The first-order valence-corrected chi connectivity index (χ1v) is 10.5. The van der Waals surface area contributed by atoms with E-state index in [2.05, 4.69) is 0 Å². The largest absolute Gasteiger partial charge is 0.469 e. The summed E-state index contributed by atoms with van der Waals surface area (Å²) in [6, 6.07) is 0. The zero-order chi connectivity index (χ0) is 16.5. The summed E-state index contributed by atoms with van der Waals surface area (Å²) in [6.07, 6.45) is 6.18. The molecule has 1 saturated heterocycles. The molecule has 0 aromatic carbocycles. The molecule has 9 aliphatic rings. The van der Waals surface area contributed by atoms with Gasteiger partial charge in [0.05, 0.1) is 17.9 Å². The number of methoxy groups -OCH3 is 1. The lowest BCUT2D eigenvalue weighted by molar-refractivity contribution is -0.232. The molecule has 8 saturated carbocycles. The summed E-state index contributed by atoms with van der Waals surface area (Å²) >= 11 is 0. The van der Waals surface area contributed by atoms with E-state index in [0.29, 0.717) is 59.2 Å². The topological polar surface area (TPSA) is 52.6 Å². The van der Waals surface area contributed by atoms with Gasteiger partial charge in [0.2, 0.25) is 0 Å². The van der Waals surface area contributed by atoms with E-state index >= 15 is 0 Å². The standard InChI is InChI=1S/C21H24O4/c1-24-18(22)20-14-7-3-2-4-8(7)15-12(14)13-16(20)9-5-6-10-11(9)17(13)21(15,20)19(23)25-10/h7-17H,2-6H2,1H3. The van der Waals surface area contributed by atoms with Crippen LogP contribution in [0.4, 0.5) is 0 Å². The lowest BCUT2D eigenvalue weighted by atomic mass is 9.43. The lowest BCUT2D eigenvalue weighted by Gasteiger charge is -2.60. The number of esters is 2. The van der Waals surface area contributed by atoms with E-state index in [4.69, 9.17) is 9.47 Å². The number of hydrogen-bond donors (Lipinski definition) is 0. The van der Waals surface area contributed by atoms with Crippen molar-refractivity contribution < 1.29 is 19.1 Å². The smallest absolute Gasteiger partial charge is 0.314 e. The molecule has 0 radical (unpaired) electrons. The van der Waals surface area contributed by atoms with Crippen molar-refractivity contribution in [2.24, 2.45) is 70.0 Å². The summed E-state index contributed by atoms with van der Waals surface area (Å²) in [5, 5.41) is 0. The zero-order valence-electron chi connectivity index (χ0n) is 14.5. The average Bonchev–Trinajstić information content (AvgIpc) is 3.36. The van der Waals surface area contributed by atoms with E-state index < -0.39 is 10.8 Å². The Kier molecular flexibility index (Phi) is 1.79. The maximum Gasteiger partial charge on any atom is 0.314 e. The van der Waals surface area contributed by atoms with Crippen LogP contribution in [0.1, 0.15) is 32.1 Å². The number of ether oxygens (including phenoxy) is 2. The van der Waals surface area contributed by atoms with Crippen molar-refractivity contribution in [1.29, 1.82) is 0 Å². The maximum atomic E-state index is 13.6. The summed E-state index contributed by atoms with van der Waals surface area (Å²) in [5.41, 5.74) is -0.996.